The molecule has 1 aliphatic heterocycles. The summed E-state index contributed by atoms with van der Waals surface area (Å²) in [6.45, 7) is 8.91. The molecular formula is C23H30N2O4. The van der Waals surface area contributed by atoms with Crippen LogP contribution in [0.2, 0.25) is 0 Å². The lowest BCUT2D eigenvalue weighted by Gasteiger charge is -2.30. The first-order valence-electron chi connectivity index (χ1n) is 9.99. The normalized spacial score (nSPS) is 14.0. The number of morpholine rings is 1. The van der Waals surface area contributed by atoms with Gasteiger partial charge in [0.05, 0.1) is 20.3 Å². The fourth-order valence-corrected chi connectivity index (χ4v) is 3.67. The Morgan fingerprint density at radius 3 is 2.48 bits per heavy atom. The molecule has 1 heterocycles. The molecule has 1 N–H and O–H groups in total. The quantitative estimate of drug-likeness (QED) is 0.690. The van der Waals surface area contributed by atoms with Crippen LogP contribution in [0.5, 0.6) is 5.75 Å². The van der Waals surface area contributed by atoms with Crippen molar-refractivity contribution in [3.63, 3.8) is 0 Å². The number of esters is 1. The number of aryl methyl sites for hydroxylation is 2. The van der Waals surface area contributed by atoms with Crippen molar-refractivity contribution in [1.29, 1.82) is 0 Å². The highest BCUT2D eigenvalue weighted by Gasteiger charge is 2.14. The Balaban J connectivity index is 1.60. The number of carbonyl (C=O) groups excluding carboxylic acids is 1. The van der Waals surface area contributed by atoms with Crippen molar-refractivity contribution in [2.24, 2.45) is 0 Å². The molecule has 1 fully saturated rings. The molecule has 29 heavy (non-hydrogen) atoms. The van der Waals surface area contributed by atoms with Crippen LogP contribution in [-0.2, 0) is 27.4 Å². The third kappa shape index (κ3) is 5.71. The topological polar surface area (TPSA) is 60.0 Å². The van der Waals surface area contributed by atoms with E-state index in [1.165, 1.54) is 23.9 Å². The zero-order chi connectivity index (χ0) is 20.6. The molecule has 0 unspecified atom stereocenters. The number of hydrogen-bond donors (Lipinski definition) is 1. The standard InChI is InChI=1S/C23H30N2O4/c1-17-12-19(13-18(2)23(17)29-16-22(26)27-3)14-24-15-20-6-4-5-7-21(20)25-8-10-28-11-9-25/h4-7,12-13,24H,8-11,14-16H2,1-3H3. The van der Waals surface area contributed by atoms with Crippen molar-refractivity contribution in [3.05, 3.63) is 58.7 Å². The Labute approximate surface area is 172 Å². The van der Waals surface area contributed by atoms with Crippen LogP contribution in [0.25, 0.3) is 0 Å². The summed E-state index contributed by atoms with van der Waals surface area (Å²) in [5.74, 6) is 0.366. The number of anilines is 1. The second-order valence-corrected chi connectivity index (χ2v) is 7.26. The number of carbonyl (C=O) groups is 1. The van der Waals surface area contributed by atoms with Gasteiger partial charge < -0.3 is 24.4 Å². The van der Waals surface area contributed by atoms with Crippen LogP contribution in [0, 0.1) is 13.8 Å². The first kappa shape index (κ1) is 21.1. The first-order valence-corrected chi connectivity index (χ1v) is 9.99. The summed E-state index contributed by atoms with van der Waals surface area (Å²) in [7, 11) is 1.36. The van der Waals surface area contributed by atoms with E-state index in [0.717, 1.165) is 56.3 Å². The number of benzene rings is 2. The Morgan fingerprint density at radius 2 is 1.79 bits per heavy atom. The van der Waals surface area contributed by atoms with Gasteiger partial charge in [0.1, 0.15) is 5.75 Å². The van der Waals surface area contributed by atoms with Gasteiger partial charge in [-0.25, -0.2) is 4.79 Å². The second-order valence-electron chi connectivity index (χ2n) is 7.26. The van der Waals surface area contributed by atoms with Crippen LogP contribution in [0.4, 0.5) is 5.69 Å². The molecule has 2 aromatic rings. The number of ether oxygens (including phenoxy) is 3. The van der Waals surface area contributed by atoms with E-state index >= 15 is 0 Å². The summed E-state index contributed by atoms with van der Waals surface area (Å²) < 4.78 is 15.7. The molecule has 3 rings (SSSR count). The van der Waals surface area contributed by atoms with E-state index in [9.17, 15) is 4.79 Å². The Bertz CT molecular complexity index is 808. The maximum Gasteiger partial charge on any atom is 0.343 e. The van der Waals surface area contributed by atoms with Gasteiger partial charge in [-0.05, 0) is 42.2 Å². The maximum absolute atomic E-state index is 11.3. The van der Waals surface area contributed by atoms with Gasteiger partial charge in [0.2, 0.25) is 0 Å². The average Bonchev–Trinajstić information content (AvgIpc) is 2.74. The molecule has 2 aromatic carbocycles. The zero-order valence-electron chi connectivity index (χ0n) is 17.5. The monoisotopic (exact) mass is 398 g/mol. The molecule has 6 heteroatoms. The van der Waals surface area contributed by atoms with E-state index in [2.05, 4.69) is 51.4 Å². The summed E-state index contributed by atoms with van der Waals surface area (Å²) in [5.41, 5.74) is 5.79. The van der Waals surface area contributed by atoms with E-state index in [0.29, 0.717) is 0 Å². The zero-order valence-corrected chi connectivity index (χ0v) is 17.5. The highest BCUT2D eigenvalue weighted by atomic mass is 16.6. The van der Waals surface area contributed by atoms with Gasteiger partial charge >= 0.3 is 5.97 Å². The highest BCUT2D eigenvalue weighted by Crippen LogP contribution is 2.25. The van der Waals surface area contributed by atoms with Gasteiger partial charge in [0, 0.05) is 31.9 Å². The van der Waals surface area contributed by atoms with Gasteiger partial charge in [0.25, 0.3) is 0 Å². The maximum atomic E-state index is 11.3. The molecule has 0 spiro atoms. The molecule has 0 radical (unpaired) electrons. The summed E-state index contributed by atoms with van der Waals surface area (Å²) in [6.07, 6.45) is 0. The summed E-state index contributed by atoms with van der Waals surface area (Å²) in [5, 5.41) is 3.56. The Hall–Kier alpha value is -2.57. The van der Waals surface area contributed by atoms with Crippen LogP contribution < -0.4 is 15.0 Å². The minimum atomic E-state index is -0.381. The molecule has 0 saturated carbocycles. The van der Waals surface area contributed by atoms with Gasteiger partial charge in [-0.2, -0.15) is 0 Å². The van der Waals surface area contributed by atoms with E-state index < -0.39 is 0 Å². The number of rotatable bonds is 8. The number of methoxy groups -OCH3 is 1. The van der Waals surface area contributed by atoms with Crippen molar-refractivity contribution in [2.75, 3.05) is 44.9 Å². The lowest BCUT2D eigenvalue weighted by Crippen LogP contribution is -2.37. The number of para-hydroxylation sites is 1. The SMILES string of the molecule is COC(=O)COc1c(C)cc(CNCc2ccccc2N2CCOCC2)cc1C. The van der Waals surface area contributed by atoms with E-state index in [4.69, 9.17) is 9.47 Å². The number of nitrogens with one attached hydrogen (secondary N) is 1. The molecule has 1 aliphatic rings. The summed E-state index contributed by atoms with van der Waals surface area (Å²) in [6, 6.07) is 12.7. The second kappa shape index (κ2) is 10.3. The third-order valence-corrected chi connectivity index (χ3v) is 5.07. The highest BCUT2D eigenvalue weighted by molar-refractivity contribution is 5.71. The predicted octanol–water partition coefficient (Wildman–Crippen LogP) is 2.98. The van der Waals surface area contributed by atoms with Gasteiger partial charge in [0.15, 0.2) is 6.61 Å². The molecule has 0 aromatic heterocycles. The largest absolute Gasteiger partial charge is 0.481 e. The molecule has 0 bridgehead atoms. The Morgan fingerprint density at radius 1 is 1.10 bits per heavy atom. The van der Waals surface area contributed by atoms with Crippen LogP contribution >= 0.6 is 0 Å². The predicted molar refractivity (Wildman–Crippen MR) is 113 cm³/mol. The van der Waals surface area contributed by atoms with Crippen LogP contribution in [0.15, 0.2) is 36.4 Å². The van der Waals surface area contributed by atoms with Crippen LogP contribution in [0.3, 0.4) is 0 Å². The molecule has 0 atom stereocenters. The number of hydrogen-bond acceptors (Lipinski definition) is 6. The van der Waals surface area contributed by atoms with Crippen molar-refractivity contribution in [3.8, 4) is 5.75 Å². The minimum absolute atomic E-state index is 0.0753. The average molecular weight is 399 g/mol. The summed E-state index contributed by atoms with van der Waals surface area (Å²) >= 11 is 0. The Kier molecular flexibility index (Phi) is 7.49. The van der Waals surface area contributed by atoms with Crippen molar-refractivity contribution >= 4 is 11.7 Å². The summed E-state index contributed by atoms with van der Waals surface area (Å²) in [4.78, 5) is 13.7. The first-order chi connectivity index (χ1) is 14.1. The van der Waals surface area contributed by atoms with Crippen molar-refractivity contribution in [1.82, 2.24) is 5.32 Å². The molecule has 6 nitrogen and oxygen atoms in total. The van der Waals surface area contributed by atoms with E-state index in [-0.39, 0.29) is 12.6 Å². The van der Waals surface area contributed by atoms with Gasteiger partial charge in [-0.3, -0.25) is 0 Å². The number of nitrogens with zero attached hydrogens (tertiary/aromatic N) is 1. The fourth-order valence-electron chi connectivity index (χ4n) is 3.67. The third-order valence-electron chi connectivity index (χ3n) is 5.07. The van der Waals surface area contributed by atoms with E-state index in [1.54, 1.807) is 0 Å². The molecule has 0 aliphatic carbocycles. The van der Waals surface area contributed by atoms with Crippen molar-refractivity contribution in [2.45, 2.75) is 26.9 Å². The fraction of sp³-hybridized carbons (Fsp3) is 0.435. The van der Waals surface area contributed by atoms with Gasteiger partial charge in [-0.1, -0.05) is 30.3 Å². The smallest absolute Gasteiger partial charge is 0.343 e. The molecule has 0 amide bonds. The van der Waals surface area contributed by atoms with E-state index in [1.807, 2.05) is 13.8 Å². The molecule has 156 valence electrons. The minimum Gasteiger partial charge on any atom is -0.481 e. The van der Waals surface area contributed by atoms with Crippen LogP contribution in [-0.4, -0.2) is 46.0 Å². The molecular weight excluding hydrogens is 368 g/mol. The van der Waals surface area contributed by atoms with Crippen LogP contribution in [0.1, 0.15) is 22.3 Å². The molecule has 1 saturated heterocycles. The van der Waals surface area contributed by atoms with Crippen molar-refractivity contribution < 1.29 is 19.0 Å². The lowest BCUT2D eigenvalue weighted by atomic mass is 10.1. The van der Waals surface area contributed by atoms with Gasteiger partial charge in [-0.15, -0.1) is 0 Å². The lowest BCUT2D eigenvalue weighted by molar-refractivity contribution is -0.142.